The maximum absolute atomic E-state index is 2.53. The van der Waals surface area contributed by atoms with Gasteiger partial charge in [0.05, 0.1) is 8.80 Å². The molecule has 133 valence electrons. The number of hydrogen-bond acceptors (Lipinski definition) is 0. The van der Waals surface area contributed by atoms with Crippen LogP contribution in [0, 0.1) is 17.8 Å². The highest BCUT2D eigenvalue weighted by molar-refractivity contribution is 6.71. The average molecular weight is 350 g/mol. The molecule has 0 N–H and O–H groups in total. The van der Waals surface area contributed by atoms with Gasteiger partial charge in [0.25, 0.3) is 0 Å². The molecule has 0 nitrogen and oxygen atoms in total. The van der Waals surface area contributed by atoms with Gasteiger partial charge in [-0.25, -0.2) is 0 Å². The van der Waals surface area contributed by atoms with Crippen LogP contribution in [0.15, 0.2) is 72.9 Å². The highest BCUT2D eigenvalue weighted by atomic mass is 28.3. The normalized spacial score (nSPS) is 45.5. The van der Waals surface area contributed by atoms with Crippen molar-refractivity contribution < 1.29 is 0 Å². The van der Waals surface area contributed by atoms with E-state index in [0.717, 1.165) is 0 Å². The Morgan fingerprint density at radius 3 is 1.04 bits per heavy atom. The fraction of sp³-hybridized carbons (Fsp3) is 0.500. The van der Waals surface area contributed by atoms with Crippen molar-refractivity contribution in [2.75, 3.05) is 0 Å². The molecular weight excluding hydrogens is 316 g/mol. The van der Waals surface area contributed by atoms with Gasteiger partial charge in [0, 0.05) is 0 Å². The highest BCUT2D eigenvalue weighted by Crippen LogP contribution is 2.65. The third-order valence-electron chi connectivity index (χ3n) is 7.31. The lowest BCUT2D eigenvalue weighted by molar-refractivity contribution is 0.435. The van der Waals surface area contributed by atoms with Crippen LogP contribution in [0.1, 0.15) is 41.5 Å². The molecule has 0 heterocycles. The van der Waals surface area contributed by atoms with Crippen LogP contribution in [-0.4, -0.2) is 8.80 Å². The molecule has 25 heavy (non-hydrogen) atoms. The molecule has 3 aliphatic carbocycles. The molecule has 3 rings (SSSR count). The minimum Gasteiger partial charge on any atom is -0.0811 e. The van der Waals surface area contributed by atoms with Crippen LogP contribution in [0.5, 0.6) is 0 Å². The summed E-state index contributed by atoms with van der Waals surface area (Å²) >= 11 is 0. The van der Waals surface area contributed by atoms with E-state index in [1.807, 2.05) is 0 Å². The Labute approximate surface area is 156 Å². The Balaban J connectivity index is 2.20. The predicted molar refractivity (Wildman–Crippen MR) is 113 cm³/mol. The highest BCUT2D eigenvalue weighted by Gasteiger charge is 2.58. The Hall–Kier alpha value is -1.34. The zero-order valence-electron chi connectivity index (χ0n) is 16.7. The number of hydrogen-bond donors (Lipinski definition) is 0. The van der Waals surface area contributed by atoms with E-state index in [4.69, 9.17) is 0 Å². The van der Waals surface area contributed by atoms with Crippen molar-refractivity contribution in [2.24, 2.45) is 17.8 Å². The fourth-order valence-corrected chi connectivity index (χ4v) is 11.1. The van der Waals surface area contributed by atoms with Crippen LogP contribution in [0.25, 0.3) is 0 Å². The molecule has 0 aromatic carbocycles. The lowest BCUT2D eigenvalue weighted by atomic mass is 9.87. The summed E-state index contributed by atoms with van der Waals surface area (Å²) < 4.78 is 0. The van der Waals surface area contributed by atoms with Crippen molar-refractivity contribution in [1.29, 1.82) is 0 Å². The van der Waals surface area contributed by atoms with E-state index >= 15 is 0 Å². The number of rotatable bonds is 3. The topological polar surface area (TPSA) is 0 Å². The van der Waals surface area contributed by atoms with Crippen molar-refractivity contribution in [1.82, 2.24) is 0 Å². The zero-order chi connectivity index (χ0) is 18.3. The molecule has 0 aromatic heterocycles. The minimum absolute atomic E-state index is 0.219. The van der Waals surface area contributed by atoms with Gasteiger partial charge < -0.3 is 0 Å². The Bertz CT molecular complexity index is 596. The predicted octanol–water partition coefficient (Wildman–Crippen LogP) is 7.05. The third kappa shape index (κ3) is 2.81. The van der Waals surface area contributed by atoms with E-state index in [1.165, 1.54) is 0 Å². The number of allylic oxidation sites excluding steroid dienone is 12. The molecule has 0 spiro atoms. The Kier molecular flexibility index (Phi) is 4.74. The lowest BCUT2D eigenvalue weighted by Crippen LogP contribution is -2.54. The molecule has 0 fully saturated rings. The second kappa shape index (κ2) is 6.43. The standard InChI is InChI=1S/C24H33Si/c1-19-13-7-10-16-22(19,4)25(23(5)17-11-8-14-20(23)2)24(6)18-12-9-15-21(24)3/h7-21H,1-6H3. The van der Waals surface area contributed by atoms with E-state index in [9.17, 15) is 0 Å². The molecule has 6 atom stereocenters. The van der Waals surface area contributed by atoms with Crippen LogP contribution in [0.4, 0.5) is 0 Å². The first-order valence-electron chi connectivity index (χ1n) is 9.71. The second-order valence-electron chi connectivity index (χ2n) is 8.82. The second-order valence-corrected chi connectivity index (χ2v) is 12.8. The van der Waals surface area contributed by atoms with Gasteiger partial charge in [-0.2, -0.15) is 0 Å². The molecule has 0 saturated heterocycles. The summed E-state index contributed by atoms with van der Waals surface area (Å²) in [6, 6.07) is 0. The first-order valence-corrected chi connectivity index (χ1v) is 11.2. The van der Waals surface area contributed by atoms with Crippen molar-refractivity contribution in [3.8, 4) is 0 Å². The lowest BCUT2D eigenvalue weighted by Gasteiger charge is -2.58. The first-order chi connectivity index (χ1) is 11.7. The van der Waals surface area contributed by atoms with Gasteiger partial charge in [-0.15, -0.1) is 0 Å². The summed E-state index contributed by atoms with van der Waals surface area (Å²) in [6.07, 6.45) is 28.4. The van der Waals surface area contributed by atoms with E-state index in [1.54, 1.807) is 0 Å². The summed E-state index contributed by atoms with van der Waals surface area (Å²) in [6.45, 7) is 14.8. The van der Waals surface area contributed by atoms with Crippen LogP contribution >= 0.6 is 0 Å². The van der Waals surface area contributed by atoms with Gasteiger partial charge in [-0.1, -0.05) is 114 Å². The maximum Gasteiger partial charge on any atom is 0.0828 e. The maximum atomic E-state index is 2.53. The van der Waals surface area contributed by atoms with Crippen molar-refractivity contribution in [3.63, 3.8) is 0 Å². The van der Waals surface area contributed by atoms with Crippen molar-refractivity contribution >= 4 is 8.80 Å². The van der Waals surface area contributed by atoms with Crippen LogP contribution in [0.3, 0.4) is 0 Å². The fourth-order valence-electron chi connectivity index (χ4n) is 5.19. The molecule has 1 radical (unpaired) electrons. The molecular formula is C24H33Si. The Morgan fingerprint density at radius 2 is 0.800 bits per heavy atom. The quantitative estimate of drug-likeness (QED) is 0.479. The molecule has 0 aromatic rings. The van der Waals surface area contributed by atoms with Crippen LogP contribution in [-0.2, 0) is 0 Å². The van der Waals surface area contributed by atoms with E-state index < -0.39 is 8.80 Å². The van der Waals surface area contributed by atoms with Gasteiger partial charge in [0.1, 0.15) is 0 Å². The molecule has 6 unspecified atom stereocenters. The van der Waals surface area contributed by atoms with Gasteiger partial charge in [-0.05, 0) is 32.9 Å². The first kappa shape index (κ1) is 18.4. The van der Waals surface area contributed by atoms with E-state index in [-0.39, 0.29) is 15.1 Å². The van der Waals surface area contributed by atoms with Crippen LogP contribution in [0.2, 0.25) is 15.1 Å². The zero-order valence-corrected chi connectivity index (χ0v) is 17.7. The minimum atomic E-state index is -0.902. The largest absolute Gasteiger partial charge is 0.0828 e. The summed E-state index contributed by atoms with van der Waals surface area (Å²) in [5.74, 6) is 1.70. The van der Waals surface area contributed by atoms with Crippen LogP contribution < -0.4 is 0 Å². The van der Waals surface area contributed by atoms with E-state index in [0.29, 0.717) is 17.8 Å². The molecule has 3 aliphatic rings. The van der Waals surface area contributed by atoms with Crippen molar-refractivity contribution in [2.45, 2.75) is 56.7 Å². The molecule has 0 aliphatic heterocycles. The molecule has 0 amide bonds. The van der Waals surface area contributed by atoms with Gasteiger partial charge in [0.15, 0.2) is 0 Å². The Morgan fingerprint density at radius 1 is 0.520 bits per heavy atom. The summed E-state index contributed by atoms with van der Waals surface area (Å²) in [4.78, 5) is 0. The molecule has 0 bridgehead atoms. The summed E-state index contributed by atoms with van der Waals surface area (Å²) in [7, 11) is -0.902. The molecule has 1 heteroatoms. The van der Waals surface area contributed by atoms with Gasteiger partial charge in [-0.3, -0.25) is 0 Å². The van der Waals surface area contributed by atoms with Crippen molar-refractivity contribution in [3.05, 3.63) is 72.9 Å². The summed E-state index contributed by atoms with van der Waals surface area (Å²) in [5, 5.41) is 0.656. The molecule has 0 saturated carbocycles. The van der Waals surface area contributed by atoms with Gasteiger partial charge in [0.2, 0.25) is 0 Å². The summed E-state index contributed by atoms with van der Waals surface area (Å²) in [5.41, 5.74) is 0. The SMILES string of the molecule is CC1C=CC=CC1(C)[Si](C1(C)C=CC=CC1C)C1(C)C=CC=CC1C. The van der Waals surface area contributed by atoms with E-state index in [2.05, 4.69) is 114 Å². The average Bonchev–Trinajstić information content (AvgIpc) is 2.56. The van der Waals surface area contributed by atoms with Gasteiger partial charge >= 0.3 is 0 Å². The monoisotopic (exact) mass is 349 g/mol. The third-order valence-corrected chi connectivity index (χ3v) is 12.4. The smallest absolute Gasteiger partial charge is 0.0811 e.